The Bertz CT molecular complexity index is 576. The third-order valence-electron chi connectivity index (χ3n) is 2.81. The molecule has 126 valence electrons. The lowest BCUT2D eigenvalue weighted by atomic mass is 10.1. The molecule has 23 heavy (non-hydrogen) atoms. The molecule has 0 aliphatic carbocycles. The Morgan fingerprint density at radius 3 is 2.22 bits per heavy atom. The molecule has 4 N–H and O–H groups in total. The van der Waals surface area contributed by atoms with Crippen molar-refractivity contribution in [2.24, 2.45) is 5.73 Å². The maximum absolute atomic E-state index is 12.0. The summed E-state index contributed by atoms with van der Waals surface area (Å²) in [4.78, 5) is 35.1. The maximum Gasteiger partial charge on any atom is 0.408 e. The van der Waals surface area contributed by atoms with E-state index in [2.05, 4.69) is 10.6 Å². The third-order valence-corrected chi connectivity index (χ3v) is 2.81. The zero-order chi connectivity index (χ0) is 17.6. The first kappa shape index (κ1) is 18.5. The van der Waals surface area contributed by atoms with Gasteiger partial charge in [0.15, 0.2) is 0 Å². The number of ether oxygens (including phenoxy) is 1. The van der Waals surface area contributed by atoms with Crippen LogP contribution >= 0.6 is 0 Å². The van der Waals surface area contributed by atoms with Crippen molar-refractivity contribution in [3.63, 3.8) is 0 Å². The van der Waals surface area contributed by atoms with Gasteiger partial charge >= 0.3 is 6.09 Å². The van der Waals surface area contributed by atoms with Gasteiger partial charge in [-0.15, -0.1) is 0 Å². The van der Waals surface area contributed by atoms with Crippen LogP contribution in [0.4, 0.5) is 4.79 Å². The van der Waals surface area contributed by atoms with Gasteiger partial charge in [0.25, 0.3) is 5.91 Å². The molecule has 0 heterocycles. The van der Waals surface area contributed by atoms with Crippen LogP contribution in [-0.2, 0) is 9.53 Å². The van der Waals surface area contributed by atoms with Crippen molar-refractivity contribution in [1.29, 1.82) is 0 Å². The Morgan fingerprint density at radius 2 is 1.74 bits per heavy atom. The van der Waals surface area contributed by atoms with Gasteiger partial charge in [-0.05, 0) is 39.8 Å². The Kier molecular flexibility index (Phi) is 6.12. The number of nitrogens with one attached hydrogen (secondary N) is 2. The highest BCUT2D eigenvalue weighted by Crippen LogP contribution is 2.07. The molecule has 1 unspecified atom stereocenters. The maximum atomic E-state index is 12.0. The van der Waals surface area contributed by atoms with Gasteiger partial charge in [-0.25, -0.2) is 4.79 Å². The van der Waals surface area contributed by atoms with Gasteiger partial charge in [-0.1, -0.05) is 17.7 Å². The summed E-state index contributed by atoms with van der Waals surface area (Å²) in [6.07, 6.45) is -0.772. The number of nitrogens with two attached hydrogens (primary N) is 1. The second-order valence-corrected chi connectivity index (χ2v) is 6.18. The number of rotatable bonds is 5. The van der Waals surface area contributed by atoms with E-state index in [1.54, 1.807) is 45.0 Å². The number of benzene rings is 1. The topological polar surface area (TPSA) is 111 Å². The molecule has 0 aromatic heterocycles. The van der Waals surface area contributed by atoms with Crippen LogP contribution in [0.5, 0.6) is 0 Å². The zero-order valence-corrected chi connectivity index (χ0v) is 13.8. The van der Waals surface area contributed by atoms with Gasteiger partial charge < -0.3 is 21.1 Å². The van der Waals surface area contributed by atoms with Crippen molar-refractivity contribution in [3.8, 4) is 0 Å². The quantitative estimate of drug-likeness (QED) is 0.754. The van der Waals surface area contributed by atoms with Gasteiger partial charge in [-0.2, -0.15) is 0 Å². The summed E-state index contributed by atoms with van der Waals surface area (Å²) >= 11 is 0. The van der Waals surface area contributed by atoms with Gasteiger partial charge in [0.1, 0.15) is 11.6 Å². The van der Waals surface area contributed by atoms with Gasteiger partial charge in [0, 0.05) is 12.1 Å². The minimum absolute atomic E-state index is 0.124. The van der Waals surface area contributed by atoms with Crippen LogP contribution in [0.2, 0.25) is 0 Å². The Hall–Kier alpha value is -2.57. The van der Waals surface area contributed by atoms with Crippen LogP contribution in [-0.4, -0.2) is 36.1 Å². The zero-order valence-electron chi connectivity index (χ0n) is 13.8. The molecule has 1 aromatic rings. The lowest BCUT2D eigenvalue weighted by molar-refractivity contribution is -0.119. The summed E-state index contributed by atoms with van der Waals surface area (Å²) in [6, 6.07) is 5.90. The van der Waals surface area contributed by atoms with Crippen LogP contribution in [0.25, 0.3) is 0 Å². The largest absolute Gasteiger partial charge is 0.444 e. The first-order chi connectivity index (χ1) is 10.6. The molecule has 7 nitrogen and oxygen atoms in total. The lowest BCUT2D eigenvalue weighted by Crippen LogP contribution is -2.52. The standard InChI is InChI=1S/C16H23N3O4/c1-10-5-7-11(8-6-10)14(21)18-9-12(13(17)20)19-15(22)23-16(2,3)4/h5-8,12H,9H2,1-4H3,(H2,17,20)(H,18,21)(H,19,22). The van der Waals surface area contributed by atoms with Gasteiger partial charge in [-0.3, -0.25) is 9.59 Å². The average molecular weight is 321 g/mol. The smallest absolute Gasteiger partial charge is 0.408 e. The first-order valence-electron chi connectivity index (χ1n) is 7.22. The Labute approximate surface area is 135 Å². The van der Waals surface area contributed by atoms with E-state index in [1.165, 1.54) is 0 Å². The number of alkyl carbamates (subject to hydrolysis) is 1. The molecule has 0 saturated carbocycles. The second kappa shape index (κ2) is 7.62. The molecule has 0 aliphatic rings. The molecule has 1 aromatic carbocycles. The van der Waals surface area contributed by atoms with Crippen molar-refractivity contribution in [1.82, 2.24) is 10.6 Å². The summed E-state index contributed by atoms with van der Waals surface area (Å²) in [7, 11) is 0. The normalized spacial score (nSPS) is 12.2. The van der Waals surface area contributed by atoms with Gasteiger partial charge in [0.2, 0.25) is 5.91 Å². The molecule has 3 amide bonds. The minimum atomic E-state index is -1.06. The molecular formula is C16H23N3O4. The summed E-state index contributed by atoms with van der Waals surface area (Å²) in [5.41, 5.74) is 6.02. The summed E-state index contributed by atoms with van der Waals surface area (Å²) in [5, 5.41) is 4.90. The highest BCUT2D eigenvalue weighted by Gasteiger charge is 2.23. The van der Waals surface area contributed by atoms with Crippen molar-refractivity contribution in [2.45, 2.75) is 39.3 Å². The van der Waals surface area contributed by atoms with E-state index in [4.69, 9.17) is 10.5 Å². The number of carbonyl (C=O) groups is 3. The van der Waals surface area contributed by atoms with Crippen molar-refractivity contribution in [3.05, 3.63) is 35.4 Å². The van der Waals surface area contributed by atoms with E-state index in [0.717, 1.165) is 5.56 Å². The fourth-order valence-electron chi connectivity index (χ4n) is 1.67. The molecule has 0 bridgehead atoms. The number of hydrogen-bond donors (Lipinski definition) is 3. The van der Waals surface area contributed by atoms with Crippen LogP contribution in [0.1, 0.15) is 36.7 Å². The van der Waals surface area contributed by atoms with E-state index in [-0.39, 0.29) is 12.5 Å². The molecule has 0 saturated heterocycles. The highest BCUT2D eigenvalue weighted by molar-refractivity contribution is 5.95. The van der Waals surface area contributed by atoms with Crippen LogP contribution in [0.15, 0.2) is 24.3 Å². The van der Waals surface area contributed by atoms with Crippen LogP contribution < -0.4 is 16.4 Å². The molecule has 0 radical (unpaired) electrons. The SMILES string of the molecule is Cc1ccc(C(=O)NCC(NC(=O)OC(C)(C)C)C(N)=O)cc1. The Balaban J connectivity index is 2.59. The van der Waals surface area contributed by atoms with E-state index < -0.39 is 23.6 Å². The predicted octanol–water partition coefficient (Wildman–Crippen LogP) is 1.10. The molecule has 1 atom stereocenters. The first-order valence-corrected chi connectivity index (χ1v) is 7.22. The summed E-state index contributed by atoms with van der Waals surface area (Å²) in [6.45, 7) is 6.89. The lowest BCUT2D eigenvalue weighted by Gasteiger charge is -2.22. The van der Waals surface area contributed by atoms with Crippen molar-refractivity contribution < 1.29 is 19.1 Å². The average Bonchev–Trinajstić information content (AvgIpc) is 2.41. The molecule has 7 heteroatoms. The number of hydrogen-bond acceptors (Lipinski definition) is 4. The molecule has 0 aliphatic heterocycles. The third kappa shape index (κ3) is 6.82. The second-order valence-electron chi connectivity index (χ2n) is 6.18. The Morgan fingerprint density at radius 1 is 1.17 bits per heavy atom. The molecule has 0 fully saturated rings. The minimum Gasteiger partial charge on any atom is -0.444 e. The van der Waals surface area contributed by atoms with Crippen LogP contribution in [0.3, 0.4) is 0 Å². The number of primary amides is 1. The number of amides is 3. The van der Waals surface area contributed by atoms with Gasteiger partial charge in [0.05, 0.1) is 0 Å². The summed E-state index contributed by atoms with van der Waals surface area (Å²) in [5.74, 6) is -1.12. The van der Waals surface area contributed by atoms with E-state index >= 15 is 0 Å². The monoisotopic (exact) mass is 321 g/mol. The summed E-state index contributed by atoms with van der Waals surface area (Å²) < 4.78 is 5.05. The molecule has 1 rings (SSSR count). The fourth-order valence-corrected chi connectivity index (χ4v) is 1.67. The molecule has 0 spiro atoms. The van der Waals surface area contributed by atoms with Crippen molar-refractivity contribution >= 4 is 17.9 Å². The predicted molar refractivity (Wildman–Crippen MR) is 85.9 cm³/mol. The number of carbonyl (C=O) groups excluding carboxylic acids is 3. The fraction of sp³-hybridized carbons (Fsp3) is 0.438. The number of aryl methyl sites for hydroxylation is 1. The molecular weight excluding hydrogens is 298 g/mol. The van der Waals surface area contributed by atoms with Crippen molar-refractivity contribution in [2.75, 3.05) is 6.54 Å². The van der Waals surface area contributed by atoms with E-state index in [0.29, 0.717) is 5.56 Å². The van der Waals surface area contributed by atoms with Crippen LogP contribution in [0, 0.1) is 6.92 Å². The highest BCUT2D eigenvalue weighted by atomic mass is 16.6. The van der Waals surface area contributed by atoms with E-state index in [9.17, 15) is 14.4 Å². The van der Waals surface area contributed by atoms with E-state index in [1.807, 2.05) is 6.92 Å².